The van der Waals surface area contributed by atoms with Crippen LogP contribution in [-0.4, -0.2) is 39.0 Å². The lowest BCUT2D eigenvalue weighted by Crippen LogP contribution is -2.32. The maximum absolute atomic E-state index is 12.4. The van der Waals surface area contributed by atoms with Gasteiger partial charge in [-0.25, -0.2) is 5.09 Å². The van der Waals surface area contributed by atoms with Crippen LogP contribution in [0.4, 0.5) is 0 Å². The van der Waals surface area contributed by atoms with Gasteiger partial charge in [0.25, 0.3) is 0 Å². The van der Waals surface area contributed by atoms with Gasteiger partial charge in [0.2, 0.25) is 0 Å². The van der Waals surface area contributed by atoms with Crippen molar-refractivity contribution in [3.05, 3.63) is 30.3 Å². The van der Waals surface area contributed by atoms with E-state index in [-0.39, 0.29) is 24.5 Å². The van der Waals surface area contributed by atoms with E-state index in [0.29, 0.717) is 12.4 Å². The molecule has 1 N–H and O–H groups in total. The number of rotatable bonds is 9. The van der Waals surface area contributed by atoms with Crippen LogP contribution in [0.1, 0.15) is 13.8 Å². The van der Waals surface area contributed by atoms with E-state index < -0.39 is 7.52 Å². The Kier molecular flexibility index (Phi) is 7.59. The van der Waals surface area contributed by atoms with E-state index in [0.717, 1.165) is 0 Å². The number of hydrogen-bond acceptors (Lipinski definition) is 5. The molecule has 0 saturated heterocycles. The number of ether oxygens (including phenoxy) is 2. The average molecular weight is 329 g/mol. The van der Waals surface area contributed by atoms with Crippen LogP contribution in [0.2, 0.25) is 0 Å². The normalized spacial score (nSPS) is 16.4. The summed E-state index contributed by atoms with van der Waals surface area (Å²) >= 11 is 0. The van der Waals surface area contributed by atoms with Gasteiger partial charge in [0.15, 0.2) is 0 Å². The van der Waals surface area contributed by atoms with Crippen molar-refractivity contribution >= 4 is 13.5 Å². The molecular formula is C15H24NO5P. The standard InChI is InChI=1S/C15H24NO5P/c1-12(10-19-3)15(17)20-11-13(2)16-22(4,18)21-14-8-6-5-7-9-14/h5-9,12-13H,10-11H2,1-4H3,(H,16,18)/t12?,13-,22?/m0/s1. The summed E-state index contributed by atoms with van der Waals surface area (Å²) in [5, 5.41) is 2.86. The first kappa shape index (κ1) is 18.7. The van der Waals surface area contributed by atoms with Crippen LogP contribution < -0.4 is 9.61 Å². The fraction of sp³-hybridized carbons (Fsp3) is 0.533. The van der Waals surface area contributed by atoms with E-state index in [1.165, 1.54) is 13.8 Å². The second-order valence-electron chi connectivity index (χ2n) is 5.27. The minimum atomic E-state index is -3.03. The smallest absolute Gasteiger partial charge is 0.313 e. The highest BCUT2D eigenvalue weighted by Crippen LogP contribution is 2.39. The monoisotopic (exact) mass is 329 g/mol. The number of carbonyl (C=O) groups excluding carboxylic acids is 1. The molecule has 22 heavy (non-hydrogen) atoms. The molecule has 1 aromatic rings. The molecule has 7 heteroatoms. The number of para-hydroxylation sites is 1. The second-order valence-corrected chi connectivity index (χ2v) is 7.40. The van der Waals surface area contributed by atoms with Crippen molar-refractivity contribution in [2.45, 2.75) is 19.9 Å². The highest BCUT2D eigenvalue weighted by Gasteiger charge is 2.22. The van der Waals surface area contributed by atoms with Gasteiger partial charge in [0, 0.05) is 19.8 Å². The molecule has 0 aliphatic heterocycles. The SMILES string of the molecule is COCC(C)C(=O)OC[C@H](C)NP(C)(=O)Oc1ccccc1. The van der Waals surface area contributed by atoms with Gasteiger partial charge < -0.3 is 14.0 Å². The third-order valence-electron chi connectivity index (χ3n) is 2.77. The molecule has 0 spiro atoms. The van der Waals surface area contributed by atoms with Crippen LogP contribution in [0, 0.1) is 5.92 Å². The molecule has 1 aromatic carbocycles. The number of hydrogen-bond donors (Lipinski definition) is 1. The van der Waals surface area contributed by atoms with Crippen LogP contribution in [0.3, 0.4) is 0 Å². The molecule has 0 radical (unpaired) electrons. The minimum absolute atomic E-state index is 0.114. The minimum Gasteiger partial charge on any atom is -0.464 e. The van der Waals surface area contributed by atoms with Gasteiger partial charge in [0.1, 0.15) is 12.4 Å². The Labute approximate surface area is 131 Å². The third kappa shape index (κ3) is 7.07. The van der Waals surface area contributed by atoms with Crippen LogP contribution >= 0.6 is 7.52 Å². The largest absolute Gasteiger partial charge is 0.464 e. The predicted molar refractivity (Wildman–Crippen MR) is 85.2 cm³/mol. The lowest BCUT2D eigenvalue weighted by molar-refractivity contribution is -0.150. The maximum atomic E-state index is 12.4. The molecule has 3 atom stereocenters. The second kappa shape index (κ2) is 8.93. The molecule has 0 amide bonds. The van der Waals surface area contributed by atoms with Gasteiger partial charge in [-0.2, -0.15) is 0 Å². The molecular weight excluding hydrogens is 305 g/mol. The molecule has 124 valence electrons. The number of esters is 1. The fourth-order valence-electron chi connectivity index (χ4n) is 1.81. The molecule has 2 unspecified atom stereocenters. The van der Waals surface area contributed by atoms with Crippen molar-refractivity contribution in [2.24, 2.45) is 5.92 Å². The summed E-state index contributed by atoms with van der Waals surface area (Å²) in [7, 11) is -1.50. The first-order valence-electron chi connectivity index (χ1n) is 7.09. The zero-order chi connectivity index (χ0) is 16.6. The summed E-state index contributed by atoms with van der Waals surface area (Å²) < 4.78 is 27.9. The van der Waals surface area contributed by atoms with Crippen molar-refractivity contribution < 1.29 is 23.4 Å². The molecule has 0 bridgehead atoms. The van der Waals surface area contributed by atoms with Crippen LogP contribution in [0.25, 0.3) is 0 Å². The highest BCUT2D eigenvalue weighted by molar-refractivity contribution is 7.56. The van der Waals surface area contributed by atoms with E-state index in [1.54, 1.807) is 38.1 Å². The summed E-state index contributed by atoms with van der Waals surface area (Å²) in [5.41, 5.74) is 0. The maximum Gasteiger partial charge on any atom is 0.313 e. The summed E-state index contributed by atoms with van der Waals surface area (Å²) in [6.45, 7) is 5.42. The molecule has 0 heterocycles. The molecule has 0 aliphatic carbocycles. The number of benzene rings is 1. The van der Waals surface area contributed by atoms with Gasteiger partial charge in [-0.1, -0.05) is 18.2 Å². The average Bonchev–Trinajstić information content (AvgIpc) is 2.45. The molecule has 0 saturated carbocycles. The van der Waals surface area contributed by atoms with Gasteiger partial charge in [-0.15, -0.1) is 0 Å². The van der Waals surface area contributed by atoms with Crippen LogP contribution in [-0.2, 0) is 18.8 Å². The quantitative estimate of drug-likeness (QED) is 0.555. The number of methoxy groups -OCH3 is 1. The fourth-order valence-corrected chi connectivity index (χ4v) is 3.27. The lowest BCUT2D eigenvalue weighted by atomic mass is 10.2. The zero-order valence-corrected chi connectivity index (χ0v) is 14.3. The van der Waals surface area contributed by atoms with Crippen molar-refractivity contribution in [3.8, 4) is 5.75 Å². The van der Waals surface area contributed by atoms with Crippen LogP contribution in [0.5, 0.6) is 5.75 Å². The Hall–Kier alpha value is -1.36. The molecule has 0 aliphatic rings. The highest BCUT2D eigenvalue weighted by atomic mass is 31.2. The van der Waals surface area contributed by atoms with Crippen LogP contribution in [0.15, 0.2) is 30.3 Å². The van der Waals surface area contributed by atoms with Crippen molar-refractivity contribution in [1.82, 2.24) is 5.09 Å². The van der Waals surface area contributed by atoms with E-state index >= 15 is 0 Å². The Bertz CT molecular complexity index is 508. The Morgan fingerprint density at radius 1 is 1.23 bits per heavy atom. The first-order valence-corrected chi connectivity index (χ1v) is 9.17. The molecule has 0 fully saturated rings. The van der Waals surface area contributed by atoms with E-state index in [4.69, 9.17) is 14.0 Å². The van der Waals surface area contributed by atoms with Gasteiger partial charge in [-0.05, 0) is 26.0 Å². The summed E-state index contributed by atoms with van der Waals surface area (Å²) in [6.07, 6.45) is 0. The Balaban J connectivity index is 2.41. The molecule has 0 aromatic heterocycles. The Morgan fingerprint density at radius 2 is 1.86 bits per heavy atom. The Morgan fingerprint density at radius 3 is 2.45 bits per heavy atom. The van der Waals surface area contributed by atoms with Gasteiger partial charge in [-0.3, -0.25) is 9.36 Å². The predicted octanol–water partition coefficient (Wildman–Crippen LogP) is 2.69. The van der Waals surface area contributed by atoms with Crippen molar-refractivity contribution in [1.29, 1.82) is 0 Å². The van der Waals surface area contributed by atoms with Gasteiger partial charge >= 0.3 is 13.5 Å². The summed E-state index contributed by atoms with van der Waals surface area (Å²) in [5.74, 6) is -0.143. The van der Waals surface area contributed by atoms with E-state index in [2.05, 4.69) is 5.09 Å². The lowest BCUT2D eigenvalue weighted by Gasteiger charge is -2.21. The van der Waals surface area contributed by atoms with Crippen molar-refractivity contribution in [3.63, 3.8) is 0 Å². The third-order valence-corrected chi connectivity index (χ3v) is 4.24. The van der Waals surface area contributed by atoms with Gasteiger partial charge in [0.05, 0.1) is 12.5 Å². The number of carbonyl (C=O) groups is 1. The van der Waals surface area contributed by atoms with Crippen molar-refractivity contribution in [2.75, 3.05) is 27.0 Å². The first-order chi connectivity index (χ1) is 10.3. The summed E-state index contributed by atoms with van der Waals surface area (Å²) in [4.78, 5) is 11.7. The topological polar surface area (TPSA) is 73.9 Å². The molecule has 6 nitrogen and oxygen atoms in total. The summed E-state index contributed by atoms with van der Waals surface area (Å²) in [6, 6.07) is 8.63. The molecule has 1 rings (SSSR count). The number of nitrogens with one attached hydrogen (secondary N) is 1. The zero-order valence-electron chi connectivity index (χ0n) is 13.4. The van der Waals surface area contributed by atoms with E-state index in [9.17, 15) is 9.36 Å². The van der Waals surface area contributed by atoms with E-state index in [1.807, 2.05) is 6.07 Å².